The predicted octanol–water partition coefficient (Wildman–Crippen LogP) is 2.62. The van der Waals surface area contributed by atoms with Gasteiger partial charge in [0.1, 0.15) is 5.78 Å². The van der Waals surface area contributed by atoms with Crippen molar-refractivity contribution in [2.45, 2.75) is 58.4 Å². The van der Waals surface area contributed by atoms with Crippen LogP contribution in [0.3, 0.4) is 0 Å². The first-order valence-electron chi connectivity index (χ1n) is 5.97. The van der Waals surface area contributed by atoms with Crippen LogP contribution >= 0.6 is 0 Å². The fraction of sp³-hybridized carbons (Fsp3) is 0.917. The molecule has 1 aliphatic heterocycles. The van der Waals surface area contributed by atoms with Crippen molar-refractivity contribution in [3.8, 4) is 0 Å². The third kappa shape index (κ3) is 3.79. The third-order valence-corrected chi connectivity index (χ3v) is 3.12. The molecule has 1 unspecified atom stereocenters. The number of Topliss-reactive ketones (excluding diaryl/α,β-unsaturated/α-hetero) is 1. The van der Waals surface area contributed by atoms with Crippen LogP contribution in [0.15, 0.2) is 0 Å². The lowest BCUT2D eigenvalue weighted by Gasteiger charge is -2.35. The molecule has 2 nitrogen and oxygen atoms in total. The van der Waals surface area contributed by atoms with Gasteiger partial charge in [-0.3, -0.25) is 9.69 Å². The average Bonchev–Trinajstić information content (AvgIpc) is 2.17. The molecule has 14 heavy (non-hydrogen) atoms. The molecular formula is C12H23NO. The number of piperidine rings is 1. The Hall–Kier alpha value is -0.370. The quantitative estimate of drug-likeness (QED) is 0.675. The first-order valence-corrected chi connectivity index (χ1v) is 5.97. The van der Waals surface area contributed by atoms with Crippen molar-refractivity contribution in [1.82, 2.24) is 4.90 Å². The first-order chi connectivity index (χ1) is 6.74. The predicted molar refractivity (Wildman–Crippen MR) is 59.4 cm³/mol. The fourth-order valence-electron chi connectivity index (χ4n) is 2.32. The van der Waals surface area contributed by atoms with Gasteiger partial charge in [0.2, 0.25) is 0 Å². The first kappa shape index (κ1) is 11.7. The molecular weight excluding hydrogens is 174 g/mol. The fourth-order valence-corrected chi connectivity index (χ4v) is 2.32. The Kier molecular flexibility index (Phi) is 5.16. The van der Waals surface area contributed by atoms with Crippen molar-refractivity contribution < 1.29 is 4.79 Å². The van der Waals surface area contributed by atoms with Gasteiger partial charge in [0.15, 0.2) is 0 Å². The van der Waals surface area contributed by atoms with Crippen molar-refractivity contribution in [2.24, 2.45) is 0 Å². The molecule has 0 amide bonds. The Morgan fingerprint density at radius 2 is 2.21 bits per heavy atom. The number of nitrogens with zero attached hydrogens (tertiary/aromatic N) is 1. The van der Waals surface area contributed by atoms with Crippen molar-refractivity contribution in [1.29, 1.82) is 0 Å². The number of likely N-dealkylation sites (tertiary alicyclic amines) is 1. The van der Waals surface area contributed by atoms with E-state index in [0.29, 0.717) is 5.78 Å². The summed E-state index contributed by atoms with van der Waals surface area (Å²) in [5.41, 5.74) is 0. The summed E-state index contributed by atoms with van der Waals surface area (Å²) in [5.74, 6) is 0.325. The summed E-state index contributed by atoms with van der Waals surface area (Å²) in [5, 5.41) is 0. The van der Waals surface area contributed by atoms with E-state index in [1.165, 1.54) is 38.6 Å². The maximum absolute atomic E-state index is 10.9. The Balaban J connectivity index is 2.33. The molecule has 0 aromatic heterocycles. The van der Waals surface area contributed by atoms with E-state index in [9.17, 15) is 4.79 Å². The number of carbonyl (C=O) groups excluding carboxylic acids is 1. The summed E-state index contributed by atoms with van der Waals surface area (Å²) in [7, 11) is 0. The Morgan fingerprint density at radius 3 is 2.86 bits per heavy atom. The van der Waals surface area contributed by atoms with Crippen molar-refractivity contribution in [3.05, 3.63) is 0 Å². The number of hydrogen-bond donors (Lipinski definition) is 0. The lowest BCUT2D eigenvalue weighted by molar-refractivity contribution is -0.117. The van der Waals surface area contributed by atoms with Crippen LogP contribution in [0.5, 0.6) is 0 Å². The highest BCUT2D eigenvalue weighted by Gasteiger charge is 2.20. The minimum Gasteiger partial charge on any atom is -0.300 e. The summed E-state index contributed by atoms with van der Waals surface area (Å²) in [6, 6.07) is 0.757. The average molecular weight is 197 g/mol. The second-order valence-electron chi connectivity index (χ2n) is 4.43. The molecule has 0 aliphatic carbocycles. The zero-order chi connectivity index (χ0) is 10.4. The maximum Gasteiger partial charge on any atom is 0.131 e. The topological polar surface area (TPSA) is 20.3 Å². The van der Waals surface area contributed by atoms with E-state index in [1.54, 1.807) is 6.92 Å². The number of ketones is 1. The second kappa shape index (κ2) is 6.18. The number of carbonyl (C=O) groups is 1. The smallest absolute Gasteiger partial charge is 0.131 e. The lowest BCUT2D eigenvalue weighted by atomic mass is 9.98. The van der Waals surface area contributed by atoms with Crippen LogP contribution in [0.1, 0.15) is 52.4 Å². The molecule has 1 rings (SSSR count). The van der Waals surface area contributed by atoms with E-state index >= 15 is 0 Å². The highest BCUT2D eigenvalue weighted by Crippen LogP contribution is 2.20. The van der Waals surface area contributed by atoms with Gasteiger partial charge in [-0.1, -0.05) is 19.8 Å². The van der Waals surface area contributed by atoms with Gasteiger partial charge in [-0.25, -0.2) is 0 Å². The molecule has 0 saturated carbocycles. The number of hydrogen-bond acceptors (Lipinski definition) is 2. The third-order valence-electron chi connectivity index (χ3n) is 3.12. The van der Waals surface area contributed by atoms with Crippen LogP contribution < -0.4 is 0 Å². The molecule has 1 aliphatic rings. The van der Waals surface area contributed by atoms with Gasteiger partial charge in [0.25, 0.3) is 0 Å². The Bertz CT molecular complexity index is 177. The van der Waals surface area contributed by atoms with Crippen molar-refractivity contribution in [2.75, 3.05) is 13.1 Å². The highest BCUT2D eigenvalue weighted by molar-refractivity contribution is 5.75. The molecule has 1 fully saturated rings. The van der Waals surface area contributed by atoms with Gasteiger partial charge in [-0.15, -0.1) is 0 Å². The molecule has 0 aromatic rings. The number of rotatable bonds is 5. The van der Waals surface area contributed by atoms with Gasteiger partial charge in [-0.05, 0) is 32.7 Å². The van der Waals surface area contributed by atoms with Gasteiger partial charge < -0.3 is 0 Å². The molecule has 0 spiro atoms. The molecule has 0 bridgehead atoms. The molecule has 82 valence electrons. The monoisotopic (exact) mass is 197 g/mol. The minimum atomic E-state index is 0.325. The van der Waals surface area contributed by atoms with Crippen molar-refractivity contribution in [3.63, 3.8) is 0 Å². The molecule has 1 saturated heterocycles. The minimum absolute atomic E-state index is 0.325. The van der Waals surface area contributed by atoms with Crippen LogP contribution in [0, 0.1) is 0 Å². The Labute approximate surface area is 87.7 Å². The summed E-state index contributed by atoms with van der Waals surface area (Å²) in [4.78, 5) is 13.4. The van der Waals surface area contributed by atoms with Crippen LogP contribution in [0.4, 0.5) is 0 Å². The van der Waals surface area contributed by atoms with E-state index in [1.807, 2.05) is 0 Å². The van der Waals surface area contributed by atoms with Crippen LogP contribution in [0.2, 0.25) is 0 Å². The largest absolute Gasteiger partial charge is 0.300 e. The molecule has 0 aromatic carbocycles. The van der Waals surface area contributed by atoms with E-state index < -0.39 is 0 Å². The van der Waals surface area contributed by atoms with Gasteiger partial charge >= 0.3 is 0 Å². The summed E-state index contributed by atoms with van der Waals surface area (Å²) in [6.45, 7) is 6.13. The summed E-state index contributed by atoms with van der Waals surface area (Å²) >= 11 is 0. The van der Waals surface area contributed by atoms with E-state index in [-0.39, 0.29) is 0 Å². The van der Waals surface area contributed by atoms with Gasteiger partial charge in [-0.2, -0.15) is 0 Å². The van der Waals surface area contributed by atoms with Crippen molar-refractivity contribution >= 4 is 5.78 Å². The zero-order valence-electron chi connectivity index (χ0n) is 9.59. The van der Waals surface area contributed by atoms with Crippen LogP contribution in [-0.2, 0) is 4.79 Å². The molecule has 1 atom stereocenters. The van der Waals surface area contributed by atoms with Gasteiger partial charge in [0.05, 0.1) is 0 Å². The van der Waals surface area contributed by atoms with Crippen LogP contribution in [0.25, 0.3) is 0 Å². The Morgan fingerprint density at radius 1 is 1.43 bits per heavy atom. The zero-order valence-corrected chi connectivity index (χ0v) is 9.59. The second-order valence-corrected chi connectivity index (χ2v) is 4.43. The highest BCUT2D eigenvalue weighted by atomic mass is 16.1. The molecule has 2 heteroatoms. The SMILES string of the molecule is CCCC1CCCCN1CCC(C)=O. The lowest BCUT2D eigenvalue weighted by Crippen LogP contribution is -2.40. The summed E-state index contributed by atoms with van der Waals surface area (Å²) in [6.07, 6.45) is 7.34. The maximum atomic E-state index is 10.9. The standard InChI is InChI=1S/C12H23NO/c1-3-6-12-7-4-5-9-13(12)10-8-11(2)14/h12H,3-10H2,1-2H3. The van der Waals surface area contributed by atoms with E-state index in [4.69, 9.17) is 0 Å². The van der Waals surface area contributed by atoms with E-state index in [2.05, 4.69) is 11.8 Å². The van der Waals surface area contributed by atoms with E-state index in [0.717, 1.165) is 19.0 Å². The molecule has 0 N–H and O–H groups in total. The van der Waals surface area contributed by atoms with Gasteiger partial charge in [0, 0.05) is 19.0 Å². The normalized spacial score (nSPS) is 23.7. The summed E-state index contributed by atoms with van der Waals surface area (Å²) < 4.78 is 0. The molecule has 1 heterocycles. The molecule has 0 radical (unpaired) electrons. The van der Waals surface area contributed by atoms with Crippen LogP contribution in [-0.4, -0.2) is 29.8 Å².